The van der Waals surface area contributed by atoms with E-state index in [1.165, 1.54) is 4.90 Å². The normalized spacial score (nSPS) is 19.9. The molecule has 0 radical (unpaired) electrons. The summed E-state index contributed by atoms with van der Waals surface area (Å²) in [5.41, 5.74) is 0.794. The highest BCUT2D eigenvalue weighted by Gasteiger charge is 2.49. The number of carbonyl (C=O) groups excluding carboxylic acids is 2. The summed E-state index contributed by atoms with van der Waals surface area (Å²) in [6.45, 7) is 4.15. The second-order valence-corrected chi connectivity index (χ2v) is 7.01. The predicted octanol–water partition coefficient (Wildman–Crippen LogP) is 3.60. The third-order valence-corrected chi connectivity index (χ3v) is 4.98. The lowest BCUT2D eigenvalue weighted by atomic mass is 9.92. The number of ether oxygens (including phenoxy) is 1. The minimum Gasteiger partial charge on any atom is -0.492 e. The van der Waals surface area contributed by atoms with Crippen LogP contribution in [-0.2, 0) is 10.3 Å². The van der Waals surface area contributed by atoms with Gasteiger partial charge in [-0.15, -0.1) is 0 Å². The number of hydrogen-bond donors (Lipinski definition) is 1. The first-order valence-corrected chi connectivity index (χ1v) is 8.80. The number of imide groups is 1. The number of carbonyl (C=O) groups is 2. The molecular formula is C19H19BrN2O3. The Kier molecular flexibility index (Phi) is 4.81. The average molecular weight is 403 g/mol. The van der Waals surface area contributed by atoms with Gasteiger partial charge in [0.1, 0.15) is 17.9 Å². The maximum Gasteiger partial charge on any atom is 0.325 e. The number of amides is 3. The second-order valence-electron chi connectivity index (χ2n) is 6.15. The molecule has 5 nitrogen and oxygen atoms in total. The summed E-state index contributed by atoms with van der Waals surface area (Å²) >= 11 is 3.45. The summed E-state index contributed by atoms with van der Waals surface area (Å²) < 4.78 is 6.42. The average Bonchev–Trinajstić information content (AvgIpc) is 2.81. The Morgan fingerprint density at radius 2 is 1.80 bits per heavy atom. The molecule has 0 spiro atoms. The Bertz CT molecular complexity index is 807. The van der Waals surface area contributed by atoms with Gasteiger partial charge in [0.05, 0.1) is 6.54 Å². The molecule has 0 aromatic heterocycles. The van der Waals surface area contributed by atoms with Gasteiger partial charge >= 0.3 is 6.03 Å². The molecule has 3 rings (SSSR count). The molecule has 0 aliphatic carbocycles. The SMILES string of the molecule is Cc1ccc(OCCN2C(=O)NC(C)(c3ccccc3Br)C2=O)cc1. The lowest BCUT2D eigenvalue weighted by Gasteiger charge is -2.23. The molecule has 1 heterocycles. The Hall–Kier alpha value is -2.34. The standard InChI is InChI=1S/C19H19BrN2O3/c1-13-7-9-14(10-8-13)25-12-11-22-17(23)19(2,21-18(22)24)15-5-3-4-6-16(15)20/h3-10H,11-12H2,1-2H3,(H,21,24). The zero-order chi connectivity index (χ0) is 18.0. The molecule has 0 saturated carbocycles. The molecule has 25 heavy (non-hydrogen) atoms. The number of aryl methyl sites for hydroxylation is 1. The van der Waals surface area contributed by atoms with Crippen LogP contribution in [0, 0.1) is 6.92 Å². The third kappa shape index (κ3) is 3.39. The fraction of sp³-hybridized carbons (Fsp3) is 0.263. The molecule has 1 fully saturated rings. The quantitative estimate of drug-likeness (QED) is 0.777. The number of nitrogens with zero attached hydrogens (tertiary/aromatic N) is 1. The molecule has 2 aromatic rings. The lowest BCUT2D eigenvalue weighted by Crippen LogP contribution is -2.41. The van der Waals surface area contributed by atoms with Gasteiger partial charge in [0.25, 0.3) is 5.91 Å². The van der Waals surface area contributed by atoms with Crippen molar-refractivity contribution < 1.29 is 14.3 Å². The smallest absolute Gasteiger partial charge is 0.325 e. The van der Waals surface area contributed by atoms with E-state index in [4.69, 9.17) is 4.74 Å². The van der Waals surface area contributed by atoms with Crippen LogP contribution in [0.15, 0.2) is 53.0 Å². The van der Waals surface area contributed by atoms with Crippen LogP contribution in [0.25, 0.3) is 0 Å². The number of halogens is 1. The molecule has 0 bridgehead atoms. The zero-order valence-corrected chi connectivity index (χ0v) is 15.7. The number of rotatable bonds is 5. The van der Waals surface area contributed by atoms with Gasteiger partial charge in [-0.3, -0.25) is 9.69 Å². The number of nitrogens with one attached hydrogen (secondary N) is 1. The molecule has 6 heteroatoms. The van der Waals surface area contributed by atoms with Gasteiger partial charge in [0.15, 0.2) is 0 Å². The highest BCUT2D eigenvalue weighted by Crippen LogP contribution is 2.33. The van der Waals surface area contributed by atoms with Crippen LogP contribution in [0.5, 0.6) is 5.75 Å². The lowest BCUT2D eigenvalue weighted by molar-refractivity contribution is -0.131. The van der Waals surface area contributed by atoms with E-state index in [0.717, 1.165) is 15.6 Å². The highest BCUT2D eigenvalue weighted by atomic mass is 79.9. The zero-order valence-electron chi connectivity index (χ0n) is 14.1. The maximum atomic E-state index is 12.8. The van der Waals surface area contributed by atoms with Crippen molar-refractivity contribution in [2.75, 3.05) is 13.2 Å². The van der Waals surface area contributed by atoms with Crippen molar-refractivity contribution in [3.63, 3.8) is 0 Å². The Morgan fingerprint density at radius 3 is 2.48 bits per heavy atom. The maximum absolute atomic E-state index is 12.8. The van der Waals surface area contributed by atoms with Gasteiger partial charge in [-0.25, -0.2) is 4.79 Å². The number of urea groups is 1. The van der Waals surface area contributed by atoms with Crippen LogP contribution < -0.4 is 10.1 Å². The van der Waals surface area contributed by atoms with Crippen molar-refractivity contribution >= 4 is 27.9 Å². The molecule has 1 N–H and O–H groups in total. The van der Waals surface area contributed by atoms with Crippen molar-refractivity contribution in [1.82, 2.24) is 10.2 Å². The molecule has 1 aliphatic heterocycles. The van der Waals surface area contributed by atoms with E-state index in [9.17, 15) is 9.59 Å². The predicted molar refractivity (Wildman–Crippen MR) is 98.4 cm³/mol. The molecule has 1 atom stereocenters. The van der Waals surface area contributed by atoms with E-state index < -0.39 is 11.6 Å². The van der Waals surface area contributed by atoms with E-state index in [0.29, 0.717) is 5.75 Å². The van der Waals surface area contributed by atoms with Gasteiger partial charge in [0.2, 0.25) is 0 Å². The van der Waals surface area contributed by atoms with Crippen LogP contribution in [0.1, 0.15) is 18.1 Å². The van der Waals surface area contributed by atoms with Crippen molar-refractivity contribution in [2.45, 2.75) is 19.4 Å². The van der Waals surface area contributed by atoms with E-state index in [-0.39, 0.29) is 19.1 Å². The van der Waals surface area contributed by atoms with E-state index in [1.54, 1.807) is 6.92 Å². The first kappa shape index (κ1) is 17.5. The number of hydrogen-bond acceptors (Lipinski definition) is 3. The van der Waals surface area contributed by atoms with Crippen molar-refractivity contribution in [1.29, 1.82) is 0 Å². The second kappa shape index (κ2) is 6.88. The largest absolute Gasteiger partial charge is 0.492 e. The molecule has 130 valence electrons. The fourth-order valence-electron chi connectivity index (χ4n) is 2.84. The van der Waals surface area contributed by atoms with E-state index >= 15 is 0 Å². The van der Waals surface area contributed by atoms with Crippen LogP contribution in [0.3, 0.4) is 0 Å². The van der Waals surface area contributed by atoms with Crippen molar-refractivity contribution in [2.24, 2.45) is 0 Å². The van der Waals surface area contributed by atoms with Gasteiger partial charge in [-0.05, 0) is 32.0 Å². The Labute approximate surface area is 155 Å². The highest BCUT2D eigenvalue weighted by molar-refractivity contribution is 9.10. The summed E-state index contributed by atoms with van der Waals surface area (Å²) in [6.07, 6.45) is 0. The van der Waals surface area contributed by atoms with Crippen LogP contribution in [0.2, 0.25) is 0 Å². The minimum absolute atomic E-state index is 0.193. The topological polar surface area (TPSA) is 58.6 Å². The molecule has 2 aromatic carbocycles. The first-order chi connectivity index (χ1) is 11.9. The van der Waals surface area contributed by atoms with Crippen LogP contribution in [0.4, 0.5) is 4.79 Å². The fourth-order valence-corrected chi connectivity index (χ4v) is 3.52. The summed E-state index contributed by atoms with van der Waals surface area (Å²) in [5.74, 6) is 0.433. The monoisotopic (exact) mass is 402 g/mol. The minimum atomic E-state index is -1.08. The molecule has 1 aliphatic rings. The van der Waals surface area contributed by atoms with E-state index in [2.05, 4.69) is 21.2 Å². The van der Waals surface area contributed by atoms with Gasteiger partial charge in [-0.1, -0.05) is 51.8 Å². The third-order valence-electron chi connectivity index (χ3n) is 4.29. The number of benzene rings is 2. The van der Waals surface area contributed by atoms with Crippen molar-refractivity contribution in [3.05, 3.63) is 64.1 Å². The van der Waals surface area contributed by atoms with E-state index in [1.807, 2.05) is 55.5 Å². The Balaban J connectivity index is 1.69. The van der Waals surface area contributed by atoms with Crippen molar-refractivity contribution in [3.8, 4) is 5.75 Å². The summed E-state index contributed by atoms with van der Waals surface area (Å²) in [4.78, 5) is 26.3. The van der Waals surface area contributed by atoms with Crippen LogP contribution >= 0.6 is 15.9 Å². The van der Waals surface area contributed by atoms with Gasteiger partial charge in [-0.2, -0.15) is 0 Å². The molecule has 3 amide bonds. The first-order valence-electron chi connectivity index (χ1n) is 8.00. The summed E-state index contributed by atoms with van der Waals surface area (Å²) in [5, 5.41) is 2.80. The van der Waals surface area contributed by atoms with Gasteiger partial charge < -0.3 is 10.1 Å². The Morgan fingerprint density at radius 1 is 1.12 bits per heavy atom. The molecule has 1 unspecified atom stereocenters. The summed E-state index contributed by atoms with van der Waals surface area (Å²) in [7, 11) is 0. The van der Waals surface area contributed by atoms with Gasteiger partial charge in [0, 0.05) is 10.0 Å². The summed E-state index contributed by atoms with van der Waals surface area (Å²) in [6, 6.07) is 14.6. The van der Waals surface area contributed by atoms with Crippen LogP contribution in [-0.4, -0.2) is 30.0 Å². The molecule has 1 saturated heterocycles. The molecular weight excluding hydrogens is 384 g/mol.